The second-order valence-electron chi connectivity index (χ2n) is 5.64. The van der Waals surface area contributed by atoms with Crippen LogP contribution in [-0.2, 0) is 9.53 Å². The van der Waals surface area contributed by atoms with Crippen LogP contribution in [0.25, 0.3) is 0 Å². The number of benzene rings is 1. The van der Waals surface area contributed by atoms with Gasteiger partial charge in [-0.05, 0) is 43.2 Å². The smallest absolute Gasteiger partial charge is 0.271 e. The molecular formula is C16H19N3O3S. The number of aryl methyl sites for hydroxylation is 1. The fraction of sp³-hybridized carbons (Fsp3) is 0.438. The van der Waals surface area contributed by atoms with Crippen LogP contribution >= 0.6 is 11.8 Å². The number of rotatable bonds is 4. The number of amides is 1. The zero-order valence-corrected chi connectivity index (χ0v) is 13.8. The Labute approximate surface area is 139 Å². The van der Waals surface area contributed by atoms with E-state index in [1.807, 2.05) is 30.0 Å². The maximum Gasteiger partial charge on any atom is 0.271 e. The summed E-state index contributed by atoms with van der Waals surface area (Å²) in [5.74, 6) is -0.271. The van der Waals surface area contributed by atoms with E-state index in [4.69, 9.17) is 4.74 Å². The number of carbonyl (C=O) groups is 2. The van der Waals surface area contributed by atoms with Crippen molar-refractivity contribution >= 4 is 28.0 Å². The fourth-order valence-electron chi connectivity index (χ4n) is 2.68. The SMILES string of the molecule is Cc1ccccc1C(=O)NN=C1SC(=O)CN1C[C@H]1CCCO1. The maximum absolute atomic E-state index is 12.2. The first-order chi connectivity index (χ1) is 11.1. The average molecular weight is 333 g/mol. The number of thioether (sulfide) groups is 1. The van der Waals surface area contributed by atoms with Crippen molar-refractivity contribution in [2.45, 2.75) is 25.9 Å². The molecule has 0 saturated carbocycles. The van der Waals surface area contributed by atoms with Crippen LogP contribution in [0.2, 0.25) is 0 Å². The molecule has 1 N–H and O–H groups in total. The summed E-state index contributed by atoms with van der Waals surface area (Å²) in [5, 5.41) is 4.71. The Morgan fingerprint density at radius 1 is 1.48 bits per heavy atom. The topological polar surface area (TPSA) is 71.0 Å². The number of nitrogens with one attached hydrogen (secondary N) is 1. The van der Waals surface area contributed by atoms with Gasteiger partial charge in [-0.15, -0.1) is 5.10 Å². The summed E-state index contributed by atoms with van der Waals surface area (Å²) in [4.78, 5) is 25.8. The molecule has 2 aliphatic heterocycles. The van der Waals surface area contributed by atoms with E-state index in [0.717, 1.165) is 36.8 Å². The van der Waals surface area contributed by atoms with Gasteiger partial charge in [0.1, 0.15) is 0 Å². The summed E-state index contributed by atoms with van der Waals surface area (Å²) in [5.41, 5.74) is 4.02. The molecule has 1 atom stereocenters. The van der Waals surface area contributed by atoms with Gasteiger partial charge < -0.3 is 9.64 Å². The van der Waals surface area contributed by atoms with Crippen molar-refractivity contribution in [3.05, 3.63) is 35.4 Å². The van der Waals surface area contributed by atoms with Crippen molar-refractivity contribution in [3.63, 3.8) is 0 Å². The van der Waals surface area contributed by atoms with Crippen molar-refractivity contribution in [2.24, 2.45) is 5.10 Å². The van der Waals surface area contributed by atoms with Gasteiger partial charge in [-0.3, -0.25) is 9.59 Å². The number of hydrogen-bond acceptors (Lipinski definition) is 5. The van der Waals surface area contributed by atoms with Crippen molar-refractivity contribution in [2.75, 3.05) is 19.7 Å². The molecule has 3 rings (SSSR count). The van der Waals surface area contributed by atoms with E-state index in [-0.39, 0.29) is 17.1 Å². The summed E-state index contributed by atoms with van der Waals surface area (Å²) < 4.78 is 5.60. The van der Waals surface area contributed by atoms with E-state index < -0.39 is 0 Å². The number of hydrazone groups is 1. The molecule has 1 amide bonds. The molecule has 2 fully saturated rings. The van der Waals surface area contributed by atoms with Gasteiger partial charge in [-0.2, -0.15) is 0 Å². The van der Waals surface area contributed by atoms with Crippen LogP contribution in [0, 0.1) is 6.92 Å². The van der Waals surface area contributed by atoms with E-state index in [1.165, 1.54) is 0 Å². The van der Waals surface area contributed by atoms with Gasteiger partial charge in [0.25, 0.3) is 5.91 Å². The second-order valence-corrected chi connectivity index (χ2v) is 6.66. The summed E-state index contributed by atoms with van der Waals surface area (Å²) in [7, 11) is 0. The minimum atomic E-state index is -0.271. The van der Waals surface area contributed by atoms with E-state index in [9.17, 15) is 9.59 Å². The van der Waals surface area contributed by atoms with Crippen LogP contribution in [0.15, 0.2) is 29.4 Å². The fourth-order valence-corrected chi connectivity index (χ4v) is 3.46. The van der Waals surface area contributed by atoms with Gasteiger partial charge in [0, 0.05) is 18.7 Å². The van der Waals surface area contributed by atoms with E-state index in [2.05, 4.69) is 10.5 Å². The molecule has 2 aliphatic rings. The predicted octanol–water partition coefficient (Wildman–Crippen LogP) is 1.75. The number of ether oxygens (including phenoxy) is 1. The lowest BCUT2D eigenvalue weighted by Crippen LogP contribution is -2.34. The third kappa shape index (κ3) is 3.92. The Morgan fingerprint density at radius 2 is 2.30 bits per heavy atom. The average Bonchev–Trinajstić information content (AvgIpc) is 3.15. The number of carbonyl (C=O) groups excluding carboxylic acids is 2. The lowest BCUT2D eigenvalue weighted by molar-refractivity contribution is -0.110. The van der Waals surface area contributed by atoms with Crippen LogP contribution < -0.4 is 5.43 Å². The predicted molar refractivity (Wildman–Crippen MR) is 89.2 cm³/mol. The molecule has 1 aromatic rings. The Bertz CT molecular complexity index is 641. The molecule has 2 heterocycles. The first-order valence-electron chi connectivity index (χ1n) is 7.64. The summed E-state index contributed by atoms with van der Waals surface area (Å²) in [6, 6.07) is 7.32. The molecule has 6 nitrogen and oxygen atoms in total. The highest BCUT2D eigenvalue weighted by Gasteiger charge is 2.30. The zero-order chi connectivity index (χ0) is 16.2. The van der Waals surface area contributed by atoms with E-state index >= 15 is 0 Å². The van der Waals surface area contributed by atoms with Crippen molar-refractivity contribution in [1.29, 1.82) is 0 Å². The molecule has 122 valence electrons. The lowest BCUT2D eigenvalue weighted by Gasteiger charge is -2.20. The zero-order valence-electron chi connectivity index (χ0n) is 12.9. The Balaban J connectivity index is 1.66. The lowest BCUT2D eigenvalue weighted by atomic mass is 10.1. The second kappa shape index (κ2) is 7.14. The highest BCUT2D eigenvalue weighted by molar-refractivity contribution is 8.26. The molecule has 0 spiro atoms. The summed E-state index contributed by atoms with van der Waals surface area (Å²) in [6.45, 7) is 3.59. The molecule has 0 bridgehead atoms. The summed E-state index contributed by atoms with van der Waals surface area (Å²) >= 11 is 1.07. The molecule has 0 radical (unpaired) electrons. The summed E-state index contributed by atoms with van der Waals surface area (Å²) in [6.07, 6.45) is 2.19. The van der Waals surface area contributed by atoms with E-state index in [0.29, 0.717) is 23.8 Å². The Kier molecular flexibility index (Phi) is 4.97. The number of hydrogen-bond donors (Lipinski definition) is 1. The van der Waals surface area contributed by atoms with Crippen molar-refractivity contribution in [3.8, 4) is 0 Å². The third-order valence-electron chi connectivity index (χ3n) is 3.89. The van der Waals surface area contributed by atoms with Crippen molar-refractivity contribution < 1.29 is 14.3 Å². The number of nitrogens with zero attached hydrogens (tertiary/aromatic N) is 2. The van der Waals surface area contributed by atoms with Gasteiger partial charge >= 0.3 is 0 Å². The standard InChI is InChI=1S/C16H19N3O3S/c1-11-5-2-3-7-13(11)15(21)17-18-16-19(10-14(20)23-16)9-12-6-4-8-22-12/h2-3,5,7,12H,4,6,8-10H2,1H3,(H,17,21)/t12-/m1/s1. The first-order valence-corrected chi connectivity index (χ1v) is 8.46. The van der Waals surface area contributed by atoms with Crippen LogP contribution in [0.3, 0.4) is 0 Å². The molecule has 2 saturated heterocycles. The van der Waals surface area contributed by atoms with Gasteiger partial charge in [-0.1, -0.05) is 18.2 Å². The molecule has 7 heteroatoms. The van der Waals surface area contributed by atoms with E-state index in [1.54, 1.807) is 6.07 Å². The highest BCUT2D eigenvalue weighted by Crippen LogP contribution is 2.22. The van der Waals surface area contributed by atoms with Gasteiger partial charge in [0.15, 0.2) is 5.17 Å². The monoisotopic (exact) mass is 333 g/mol. The molecule has 23 heavy (non-hydrogen) atoms. The van der Waals surface area contributed by atoms with Crippen LogP contribution in [0.5, 0.6) is 0 Å². The van der Waals surface area contributed by atoms with Gasteiger partial charge in [0.2, 0.25) is 5.12 Å². The third-order valence-corrected chi connectivity index (χ3v) is 4.78. The van der Waals surface area contributed by atoms with Crippen LogP contribution in [-0.4, -0.2) is 46.9 Å². The normalized spacial score (nSPS) is 22.8. The molecule has 0 aromatic heterocycles. The maximum atomic E-state index is 12.2. The van der Waals surface area contributed by atoms with Gasteiger partial charge in [0.05, 0.1) is 12.6 Å². The van der Waals surface area contributed by atoms with Crippen LogP contribution in [0.1, 0.15) is 28.8 Å². The minimum absolute atomic E-state index is 0.0342. The van der Waals surface area contributed by atoms with Crippen LogP contribution in [0.4, 0.5) is 0 Å². The molecule has 0 unspecified atom stereocenters. The number of amidine groups is 1. The molecule has 1 aromatic carbocycles. The largest absolute Gasteiger partial charge is 0.376 e. The Hall–Kier alpha value is -1.86. The Morgan fingerprint density at radius 3 is 3.04 bits per heavy atom. The highest BCUT2D eigenvalue weighted by atomic mass is 32.2. The minimum Gasteiger partial charge on any atom is -0.376 e. The molecular weight excluding hydrogens is 314 g/mol. The quantitative estimate of drug-likeness (QED) is 0.850. The van der Waals surface area contributed by atoms with Gasteiger partial charge in [-0.25, -0.2) is 5.43 Å². The van der Waals surface area contributed by atoms with Crippen molar-refractivity contribution in [1.82, 2.24) is 10.3 Å². The first kappa shape index (κ1) is 16.0. The molecule has 0 aliphatic carbocycles.